The Morgan fingerprint density at radius 3 is 2.69 bits per heavy atom. The molecule has 3 nitrogen and oxygen atoms in total. The van der Waals surface area contributed by atoms with Gasteiger partial charge in [-0.05, 0) is 25.2 Å². The minimum atomic E-state index is 0.109. The third-order valence-electron chi connectivity index (χ3n) is 3.49. The molecule has 0 saturated heterocycles. The highest BCUT2D eigenvalue weighted by molar-refractivity contribution is 7.80. The SMILES string of the molecule is CCC(CC(N)=S)NC(=O)C1CCCC1C. The van der Waals surface area contributed by atoms with Gasteiger partial charge >= 0.3 is 0 Å². The van der Waals surface area contributed by atoms with Crippen LogP contribution in [-0.2, 0) is 4.79 Å². The molecule has 0 heterocycles. The molecule has 0 radical (unpaired) electrons. The predicted molar refractivity (Wildman–Crippen MR) is 70.1 cm³/mol. The molecule has 0 aromatic rings. The fourth-order valence-electron chi connectivity index (χ4n) is 2.38. The summed E-state index contributed by atoms with van der Waals surface area (Å²) in [5.41, 5.74) is 5.51. The van der Waals surface area contributed by atoms with Crippen molar-refractivity contribution >= 4 is 23.1 Å². The molecule has 0 aromatic carbocycles. The van der Waals surface area contributed by atoms with Gasteiger partial charge in [0.25, 0.3) is 0 Å². The van der Waals surface area contributed by atoms with Gasteiger partial charge in [0.15, 0.2) is 0 Å². The first kappa shape index (κ1) is 13.4. The van der Waals surface area contributed by atoms with Crippen LogP contribution in [0.2, 0.25) is 0 Å². The van der Waals surface area contributed by atoms with E-state index in [2.05, 4.69) is 12.2 Å². The third kappa shape index (κ3) is 3.74. The van der Waals surface area contributed by atoms with E-state index in [-0.39, 0.29) is 17.9 Å². The van der Waals surface area contributed by atoms with Gasteiger partial charge < -0.3 is 11.1 Å². The van der Waals surface area contributed by atoms with Crippen molar-refractivity contribution in [3.8, 4) is 0 Å². The van der Waals surface area contributed by atoms with Gasteiger partial charge in [0.2, 0.25) is 5.91 Å². The van der Waals surface area contributed by atoms with Crippen LogP contribution in [0.1, 0.15) is 46.0 Å². The fourth-order valence-corrected chi connectivity index (χ4v) is 2.58. The first-order valence-corrected chi connectivity index (χ1v) is 6.54. The molecule has 1 fully saturated rings. The van der Waals surface area contributed by atoms with E-state index in [1.54, 1.807) is 0 Å². The van der Waals surface area contributed by atoms with Crippen molar-refractivity contribution in [3.63, 3.8) is 0 Å². The second kappa shape index (κ2) is 6.18. The highest BCUT2D eigenvalue weighted by atomic mass is 32.1. The first-order chi connectivity index (χ1) is 7.54. The van der Waals surface area contributed by atoms with Crippen LogP contribution in [0, 0.1) is 11.8 Å². The molecule has 1 aliphatic rings. The highest BCUT2D eigenvalue weighted by Crippen LogP contribution is 2.31. The Bertz CT molecular complexity index is 268. The van der Waals surface area contributed by atoms with Gasteiger partial charge in [0.05, 0.1) is 4.99 Å². The van der Waals surface area contributed by atoms with Crippen LogP contribution in [-0.4, -0.2) is 16.9 Å². The quantitative estimate of drug-likeness (QED) is 0.725. The number of thiocarbonyl (C=S) groups is 1. The number of rotatable bonds is 5. The largest absolute Gasteiger partial charge is 0.393 e. The maximum atomic E-state index is 12.0. The Hall–Kier alpha value is -0.640. The molecule has 3 atom stereocenters. The molecule has 16 heavy (non-hydrogen) atoms. The zero-order chi connectivity index (χ0) is 12.1. The maximum Gasteiger partial charge on any atom is 0.223 e. The standard InChI is InChI=1S/C12H22N2OS/c1-3-9(7-11(13)16)14-12(15)10-6-4-5-8(10)2/h8-10H,3-7H2,1-2H3,(H2,13,16)(H,14,15). The van der Waals surface area contributed by atoms with E-state index in [0.717, 1.165) is 12.8 Å². The lowest BCUT2D eigenvalue weighted by molar-refractivity contribution is -0.126. The summed E-state index contributed by atoms with van der Waals surface area (Å²) in [7, 11) is 0. The summed E-state index contributed by atoms with van der Waals surface area (Å²) in [6, 6.07) is 0.109. The van der Waals surface area contributed by atoms with E-state index in [9.17, 15) is 4.79 Å². The zero-order valence-electron chi connectivity index (χ0n) is 10.2. The average Bonchev–Trinajstić information content (AvgIpc) is 2.62. The Morgan fingerprint density at radius 2 is 2.25 bits per heavy atom. The Kier molecular flexibility index (Phi) is 5.19. The lowest BCUT2D eigenvalue weighted by Gasteiger charge is -2.21. The monoisotopic (exact) mass is 242 g/mol. The van der Waals surface area contributed by atoms with Gasteiger partial charge in [0, 0.05) is 18.4 Å². The number of hydrogen-bond donors (Lipinski definition) is 2. The summed E-state index contributed by atoms with van der Waals surface area (Å²) in [5.74, 6) is 0.899. The molecule has 0 aliphatic heterocycles. The molecule has 3 N–H and O–H groups in total. The summed E-state index contributed by atoms with van der Waals surface area (Å²) >= 11 is 4.88. The number of carbonyl (C=O) groups excluding carboxylic acids is 1. The Morgan fingerprint density at radius 1 is 1.56 bits per heavy atom. The van der Waals surface area contributed by atoms with E-state index in [1.165, 1.54) is 12.8 Å². The summed E-state index contributed by atoms with van der Waals surface area (Å²) in [6.45, 7) is 4.20. The Labute approximate surface area is 103 Å². The lowest BCUT2D eigenvalue weighted by Crippen LogP contribution is -2.41. The zero-order valence-corrected chi connectivity index (χ0v) is 11.0. The minimum absolute atomic E-state index is 0.109. The summed E-state index contributed by atoms with van der Waals surface area (Å²) < 4.78 is 0. The van der Waals surface area contributed by atoms with E-state index in [4.69, 9.17) is 18.0 Å². The molecule has 1 rings (SSSR count). The minimum Gasteiger partial charge on any atom is -0.393 e. The fraction of sp³-hybridized carbons (Fsp3) is 0.833. The number of hydrogen-bond acceptors (Lipinski definition) is 2. The van der Waals surface area contributed by atoms with Gasteiger partial charge in [-0.1, -0.05) is 32.5 Å². The van der Waals surface area contributed by atoms with Crippen molar-refractivity contribution in [2.45, 2.75) is 52.0 Å². The summed E-state index contributed by atoms with van der Waals surface area (Å²) in [6.07, 6.45) is 4.86. The topological polar surface area (TPSA) is 55.1 Å². The molecule has 0 bridgehead atoms. The first-order valence-electron chi connectivity index (χ1n) is 6.13. The van der Waals surface area contributed by atoms with Crippen LogP contribution in [0.25, 0.3) is 0 Å². The van der Waals surface area contributed by atoms with Crippen LogP contribution < -0.4 is 11.1 Å². The van der Waals surface area contributed by atoms with Gasteiger partial charge in [-0.2, -0.15) is 0 Å². The van der Waals surface area contributed by atoms with Crippen molar-refractivity contribution in [1.29, 1.82) is 0 Å². The van der Waals surface area contributed by atoms with E-state index in [0.29, 0.717) is 17.3 Å². The van der Waals surface area contributed by atoms with Gasteiger partial charge in [0.1, 0.15) is 0 Å². The molecule has 1 amide bonds. The van der Waals surface area contributed by atoms with Crippen LogP contribution in [0.3, 0.4) is 0 Å². The van der Waals surface area contributed by atoms with E-state index >= 15 is 0 Å². The van der Waals surface area contributed by atoms with Crippen LogP contribution in [0.4, 0.5) is 0 Å². The molecule has 0 aromatic heterocycles. The number of nitrogens with one attached hydrogen (secondary N) is 1. The highest BCUT2D eigenvalue weighted by Gasteiger charge is 2.30. The average molecular weight is 242 g/mol. The van der Waals surface area contributed by atoms with Gasteiger partial charge in [-0.3, -0.25) is 4.79 Å². The molecule has 1 aliphatic carbocycles. The number of carbonyl (C=O) groups is 1. The molecule has 4 heteroatoms. The molecule has 1 saturated carbocycles. The van der Waals surface area contributed by atoms with E-state index < -0.39 is 0 Å². The lowest BCUT2D eigenvalue weighted by atomic mass is 9.96. The second-order valence-corrected chi connectivity index (χ2v) is 5.32. The molecular formula is C12H22N2OS. The second-order valence-electron chi connectivity index (χ2n) is 4.80. The Balaban J connectivity index is 2.45. The van der Waals surface area contributed by atoms with Crippen molar-refractivity contribution in [3.05, 3.63) is 0 Å². The molecule has 0 spiro atoms. The summed E-state index contributed by atoms with van der Waals surface area (Å²) in [5, 5.41) is 3.06. The summed E-state index contributed by atoms with van der Waals surface area (Å²) in [4.78, 5) is 12.5. The molecule has 92 valence electrons. The van der Waals surface area contributed by atoms with Crippen LogP contribution in [0.15, 0.2) is 0 Å². The van der Waals surface area contributed by atoms with Crippen molar-refractivity contribution in [2.24, 2.45) is 17.6 Å². The van der Waals surface area contributed by atoms with Crippen LogP contribution >= 0.6 is 12.2 Å². The van der Waals surface area contributed by atoms with Crippen molar-refractivity contribution < 1.29 is 4.79 Å². The van der Waals surface area contributed by atoms with Gasteiger partial charge in [-0.25, -0.2) is 0 Å². The van der Waals surface area contributed by atoms with Gasteiger partial charge in [-0.15, -0.1) is 0 Å². The van der Waals surface area contributed by atoms with Crippen molar-refractivity contribution in [2.75, 3.05) is 0 Å². The van der Waals surface area contributed by atoms with E-state index in [1.807, 2.05) is 6.92 Å². The van der Waals surface area contributed by atoms with Crippen LogP contribution in [0.5, 0.6) is 0 Å². The third-order valence-corrected chi connectivity index (χ3v) is 3.65. The predicted octanol–water partition coefficient (Wildman–Crippen LogP) is 1.99. The number of nitrogens with two attached hydrogens (primary N) is 1. The smallest absolute Gasteiger partial charge is 0.223 e. The molecular weight excluding hydrogens is 220 g/mol. The maximum absolute atomic E-state index is 12.0. The molecule has 3 unspecified atom stereocenters. The van der Waals surface area contributed by atoms with Crippen molar-refractivity contribution in [1.82, 2.24) is 5.32 Å². The number of amides is 1. The normalized spacial score (nSPS) is 26.4.